The van der Waals surface area contributed by atoms with Crippen molar-refractivity contribution >= 4 is 0 Å². The summed E-state index contributed by atoms with van der Waals surface area (Å²) in [4.78, 5) is 5.24. The van der Waals surface area contributed by atoms with Crippen LogP contribution in [0.4, 0.5) is 0 Å². The van der Waals surface area contributed by atoms with Crippen LogP contribution in [0, 0.1) is 11.8 Å². The van der Waals surface area contributed by atoms with Gasteiger partial charge in [-0.3, -0.25) is 0 Å². The van der Waals surface area contributed by atoms with Crippen LogP contribution in [0.2, 0.25) is 0 Å². The van der Waals surface area contributed by atoms with Crippen molar-refractivity contribution in [2.75, 3.05) is 39.3 Å². The molecule has 0 radical (unpaired) electrons. The molecule has 1 saturated carbocycles. The van der Waals surface area contributed by atoms with E-state index >= 15 is 0 Å². The Morgan fingerprint density at radius 1 is 0.850 bits per heavy atom. The second kappa shape index (κ2) is 6.76. The van der Waals surface area contributed by atoms with Gasteiger partial charge in [-0.05, 0) is 57.0 Å². The minimum Gasteiger partial charge on any atom is -0.375 e. The molecule has 3 nitrogen and oxygen atoms in total. The third-order valence-electron chi connectivity index (χ3n) is 5.34. The number of rotatable bonds is 6. The minimum atomic E-state index is 0.556. The van der Waals surface area contributed by atoms with Gasteiger partial charge < -0.3 is 14.5 Å². The Bertz CT molecular complexity index is 289. The first-order valence-corrected chi connectivity index (χ1v) is 8.79. The van der Waals surface area contributed by atoms with Gasteiger partial charge in [0.05, 0.1) is 12.2 Å². The summed E-state index contributed by atoms with van der Waals surface area (Å²) in [7, 11) is 0. The van der Waals surface area contributed by atoms with Crippen LogP contribution < -0.4 is 0 Å². The van der Waals surface area contributed by atoms with Crippen molar-refractivity contribution in [1.29, 1.82) is 0 Å². The van der Waals surface area contributed by atoms with Gasteiger partial charge in [0.1, 0.15) is 0 Å². The standard InChI is InChI=1S/C17H32N2O/c1-14-10-17(11-14)20-16-4-8-18(9-5-16)6-3-7-19-12-15(2)13-19/h14-17H,3-13H2,1-2H3/t14-,17-. The highest BCUT2D eigenvalue weighted by Crippen LogP contribution is 2.31. The second-order valence-electron chi connectivity index (χ2n) is 7.59. The number of nitrogens with zero attached hydrogens (tertiary/aromatic N) is 2. The van der Waals surface area contributed by atoms with Gasteiger partial charge >= 0.3 is 0 Å². The van der Waals surface area contributed by atoms with Crippen molar-refractivity contribution in [2.24, 2.45) is 11.8 Å². The summed E-state index contributed by atoms with van der Waals surface area (Å²) in [5.41, 5.74) is 0. The molecule has 20 heavy (non-hydrogen) atoms. The first-order chi connectivity index (χ1) is 9.69. The van der Waals surface area contributed by atoms with Crippen molar-refractivity contribution in [3.05, 3.63) is 0 Å². The minimum absolute atomic E-state index is 0.556. The van der Waals surface area contributed by atoms with Crippen LogP contribution in [0.25, 0.3) is 0 Å². The maximum Gasteiger partial charge on any atom is 0.0603 e. The normalized spacial score (nSPS) is 33.9. The number of ether oxygens (including phenoxy) is 1. The average Bonchev–Trinajstić information content (AvgIpc) is 2.37. The number of hydrogen-bond acceptors (Lipinski definition) is 3. The van der Waals surface area contributed by atoms with E-state index in [-0.39, 0.29) is 0 Å². The molecule has 0 unspecified atom stereocenters. The molecule has 2 aliphatic heterocycles. The fourth-order valence-electron chi connectivity index (χ4n) is 4.01. The van der Waals surface area contributed by atoms with Gasteiger partial charge in [-0.25, -0.2) is 0 Å². The second-order valence-corrected chi connectivity index (χ2v) is 7.59. The topological polar surface area (TPSA) is 15.7 Å². The molecule has 0 aromatic heterocycles. The van der Waals surface area contributed by atoms with E-state index in [0.717, 1.165) is 11.8 Å². The van der Waals surface area contributed by atoms with Crippen molar-refractivity contribution in [1.82, 2.24) is 9.80 Å². The summed E-state index contributed by atoms with van der Waals surface area (Å²) >= 11 is 0. The molecule has 0 amide bonds. The Balaban J connectivity index is 1.23. The molecule has 0 aromatic carbocycles. The number of hydrogen-bond donors (Lipinski definition) is 0. The third kappa shape index (κ3) is 3.96. The lowest BCUT2D eigenvalue weighted by Gasteiger charge is -2.40. The predicted octanol–water partition coefficient (Wildman–Crippen LogP) is 2.61. The van der Waals surface area contributed by atoms with Crippen LogP contribution in [0.1, 0.15) is 46.0 Å². The molecule has 0 spiro atoms. The van der Waals surface area contributed by atoms with Gasteiger partial charge in [0.25, 0.3) is 0 Å². The highest BCUT2D eigenvalue weighted by atomic mass is 16.5. The molecule has 3 fully saturated rings. The molecule has 2 saturated heterocycles. The largest absolute Gasteiger partial charge is 0.375 e. The summed E-state index contributed by atoms with van der Waals surface area (Å²) in [6.45, 7) is 12.4. The zero-order valence-corrected chi connectivity index (χ0v) is 13.4. The Hall–Kier alpha value is -0.120. The fraction of sp³-hybridized carbons (Fsp3) is 1.00. The van der Waals surface area contributed by atoms with Gasteiger partial charge in [0, 0.05) is 26.2 Å². The van der Waals surface area contributed by atoms with Crippen LogP contribution >= 0.6 is 0 Å². The average molecular weight is 280 g/mol. The van der Waals surface area contributed by atoms with E-state index in [0.29, 0.717) is 12.2 Å². The van der Waals surface area contributed by atoms with Crippen LogP contribution in [-0.2, 0) is 4.74 Å². The van der Waals surface area contributed by atoms with E-state index in [9.17, 15) is 0 Å². The smallest absolute Gasteiger partial charge is 0.0603 e. The quantitative estimate of drug-likeness (QED) is 0.744. The van der Waals surface area contributed by atoms with E-state index < -0.39 is 0 Å². The van der Waals surface area contributed by atoms with Crippen molar-refractivity contribution in [3.8, 4) is 0 Å². The lowest BCUT2D eigenvalue weighted by molar-refractivity contribution is -0.0906. The van der Waals surface area contributed by atoms with Crippen LogP contribution in [-0.4, -0.2) is 61.3 Å². The number of piperidine rings is 1. The third-order valence-corrected chi connectivity index (χ3v) is 5.34. The Labute approximate surface area is 124 Å². The highest BCUT2D eigenvalue weighted by Gasteiger charge is 2.30. The molecule has 3 rings (SSSR count). The Morgan fingerprint density at radius 2 is 1.50 bits per heavy atom. The summed E-state index contributed by atoms with van der Waals surface area (Å²) in [6.07, 6.45) is 7.61. The van der Waals surface area contributed by atoms with Crippen LogP contribution in [0.5, 0.6) is 0 Å². The van der Waals surface area contributed by atoms with E-state index in [2.05, 4.69) is 23.6 Å². The predicted molar refractivity (Wildman–Crippen MR) is 83.0 cm³/mol. The van der Waals surface area contributed by atoms with E-state index in [4.69, 9.17) is 4.74 Å². The monoisotopic (exact) mass is 280 g/mol. The summed E-state index contributed by atoms with van der Waals surface area (Å²) in [6, 6.07) is 0. The summed E-state index contributed by atoms with van der Waals surface area (Å²) < 4.78 is 6.19. The molecular formula is C17H32N2O. The SMILES string of the molecule is CC1CN(CCCN2CCC(O[C@H]3C[C@H](C)C3)CC2)C1. The zero-order chi connectivity index (χ0) is 13.9. The Morgan fingerprint density at radius 3 is 2.10 bits per heavy atom. The van der Waals surface area contributed by atoms with Crippen molar-refractivity contribution in [3.63, 3.8) is 0 Å². The van der Waals surface area contributed by atoms with E-state index in [1.165, 1.54) is 71.4 Å². The molecule has 0 atom stereocenters. The maximum absolute atomic E-state index is 6.19. The van der Waals surface area contributed by atoms with Crippen LogP contribution in [0.3, 0.4) is 0 Å². The molecule has 1 aliphatic carbocycles. The first-order valence-electron chi connectivity index (χ1n) is 8.79. The van der Waals surface area contributed by atoms with Crippen LogP contribution in [0.15, 0.2) is 0 Å². The summed E-state index contributed by atoms with van der Waals surface area (Å²) in [5.74, 6) is 1.85. The highest BCUT2D eigenvalue weighted by molar-refractivity contribution is 4.81. The lowest BCUT2D eigenvalue weighted by Crippen LogP contribution is -2.46. The molecule has 116 valence electrons. The first kappa shape index (κ1) is 14.8. The van der Waals surface area contributed by atoms with Crippen molar-refractivity contribution in [2.45, 2.75) is 58.2 Å². The zero-order valence-electron chi connectivity index (χ0n) is 13.4. The van der Waals surface area contributed by atoms with Gasteiger partial charge in [0.2, 0.25) is 0 Å². The molecule has 0 bridgehead atoms. The molecule has 2 heterocycles. The van der Waals surface area contributed by atoms with E-state index in [1.807, 2.05) is 0 Å². The van der Waals surface area contributed by atoms with E-state index in [1.54, 1.807) is 0 Å². The molecule has 0 N–H and O–H groups in total. The Kier molecular flexibility index (Phi) is 5.00. The lowest BCUT2D eigenvalue weighted by atomic mass is 9.84. The van der Waals surface area contributed by atoms with Gasteiger partial charge in [-0.15, -0.1) is 0 Å². The maximum atomic E-state index is 6.19. The summed E-state index contributed by atoms with van der Waals surface area (Å²) in [5, 5.41) is 0. The molecule has 3 aliphatic rings. The number of likely N-dealkylation sites (tertiary alicyclic amines) is 2. The van der Waals surface area contributed by atoms with Gasteiger partial charge in [0.15, 0.2) is 0 Å². The fourth-order valence-corrected chi connectivity index (χ4v) is 4.01. The van der Waals surface area contributed by atoms with Crippen molar-refractivity contribution < 1.29 is 4.74 Å². The molecule has 0 aromatic rings. The van der Waals surface area contributed by atoms with Gasteiger partial charge in [-0.1, -0.05) is 13.8 Å². The molecular weight excluding hydrogens is 248 g/mol. The molecule has 3 heteroatoms. The van der Waals surface area contributed by atoms with Gasteiger partial charge in [-0.2, -0.15) is 0 Å².